The van der Waals surface area contributed by atoms with Crippen LogP contribution in [0.15, 0.2) is 48.0 Å². The summed E-state index contributed by atoms with van der Waals surface area (Å²) >= 11 is 0. The summed E-state index contributed by atoms with van der Waals surface area (Å²) in [7, 11) is 5.05. The van der Waals surface area contributed by atoms with Crippen LogP contribution in [0.3, 0.4) is 0 Å². The second kappa shape index (κ2) is 9.26. The highest BCUT2D eigenvalue weighted by Gasteiger charge is 2.46. The Bertz CT molecular complexity index is 1040. The summed E-state index contributed by atoms with van der Waals surface area (Å²) in [6.45, 7) is 0.839. The summed E-state index contributed by atoms with van der Waals surface area (Å²) in [5, 5.41) is 10.9. The molecule has 8 heteroatoms. The number of halogens is 2. The van der Waals surface area contributed by atoms with Crippen LogP contribution in [0.4, 0.5) is 8.78 Å². The van der Waals surface area contributed by atoms with Crippen molar-refractivity contribution in [1.29, 1.82) is 0 Å². The summed E-state index contributed by atoms with van der Waals surface area (Å²) < 4.78 is 33.7. The lowest BCUT2D eigenvalue weighted by atomic mass is 9.95. The average Bonchev–Trinajstić information content (AvgIpc) is 2.98. The number of aliphatic hydroxyl groups excluding tert-OH is 1. The molecule has 0 saturated carbocycles. The van der Waals surface area contributed by atoms with Crippen molar-refractivity contribution in [2.45, 2.75) is 12.5 Å². The van der Waals surface area contributed by atoms with E-state index in [9.17, 15) is 23.5 Å². The van der Waals surface area contributed by atoms with E-state index in [4.69, 9.17) is 4.74 Å². The first-order valence-electron chi connectivity index (χ1n) is 9.77. The summed E-state index contributed by atoms with van der Waals surface area (Å²) in [5.74, 6) is -3.72. The van der Waals surface area contributed by atoms with Gasteiger partial charge in [-0.2, -0.15) is 0 Å². The molecule has 1 aliphatic rings. The lowest BCUT2D eigenvalue weighted by Crippen LogP contribution is -2.32. The molecule has 0 bridgehead atoms. The van der Waals surface area contributed by atoms with Gasteiger partial charge in [0.2, 0.25) is 0 Å². The summed E-state index contributed by atoms with van der Waals surface area (Å²) in [6.07, 6.45) is 0.544. The first-order valence-corrected chi connectivity index (χ1v) is 9.77. The number of hydrogen-bond acceptors (Lipinski definition) is 5. The molecule has 0 aliphatic carbocycles. The lowest BCUT2D eigenvalue weighted by molar-refractivity contribution is -0.140. The van der Waals surface area contributed by atoms with E-state index in [0.29, 0.717) is 13.0 Å². The standard InChI is InChI=1S/C23H24F2N2O4/c1-26(2)11-6-12-27-20(15-7-4-5-8-16(15)24)19(22(29)23(27)30)21(28)14-9-10-18(31-3)17(25)13-14/h4-5,7-10,13,20,28H,6,11-12H2,1-3H3/b21-19-. The van der Waals surface area contributed by atoms with Gasteiger partial charge in [-0.1, -0.05) is 18.2 Å². The molecule has 1 aliphatic heterocycles. The number of ether oxygens (including phenoxy) is 1. The van der Waals surface area contributed by atoms with E-state index >= 15 is 0 Å². The van der Waals surface area contributed by atoms with Gasteiger partial charge >= 0.3 is 0 Å². The highest BCUT2D eigenvalue weighted by molar-refractivity contribution is 6.46. The number of methoxy groups -OCH3 is 1. The predicted octanol–water partition coefficient (Wildman–Crippen LogP) is 3.35. The highest BCUT2D eigenvalue weighted by atomic mass is 19.1. The van der Waals surface area contributed by atoms with Crippen molar-refractivity contribution >= 4 is 17.4 Å². The van der Waals surface area contributed by atoms with Gasteiger partial charge in [0, 0.05) is 17.7 Å². The van der Waals surface area contributed by atoms with Crippen LogP contribution in [-0.4, -0.2) is 60.9 Å². The molecule has 0 aromatic heterocycles. The Labute approximate surface area is 179 Å². The molecule has 1 saturated heterocycles. The minimum atomic E-state index is -1.12. The molecule has 6 nitrogen and oxygen atoms in total. The second-order valence-electron chi connectivity index (χ2n) is 7.52. The van der Waals surface area contributed by atoms with Crippen LogP contribution in [0.25, 0.3) is 5.76 Å². The zero-order valence-electron chi connectivity index (χ0n) is 17.6. The van der Waals surface area contributed by atoms with Crippen LogP contribution in [-0.2, 0) is 9.59 Å². The Kier molecular flexibility index (Phi) is 6.70. The number of rotatable bonds is 7. The van der Waals surface area contributed by atoms with Crippen molar-refractivity contribution in [2.75, 3.05) is 34.3 Å². The molecular formula is C23H24F2N2O4. The first-order chi connectivity index (χ1) is 14.8. The van der Waals surface area contributed by atoms with Gasteiger partial charge in [0.1, 0.15) is 11.6 Å². The maximum absolute atomic E-state index is 14.7. The van der Waals surface area contributed by atoms with E-state index in [1.54, 1.807) is 6.07 Å². The molecule has 1 unspecified atom stereocenters. The van der Waals surface area contributed by atoms with Crippen molar-refractivity contribution in [3.05, 3.63) is 70.8 Å². The number of benzene rings is 2. The van der Waals surface area contributed by atoms with Crippen molar-refractivity contribution in [3.63, 3.8) is 0 Å². The number of ketones is 1. The molecule has 1 amide bonds. The molecule has 164 valence electrons. The van der Waals surface area contributed by atoms with Crippen LogP contribution in [0, 0.1) is 11.6 Å². The Morgan fingerprint density at radius 3 is 2.45 bits per heavy atom. The van der Waals surface area contributed by atoms with Crippen molar-refractivity contribution in [2.24, 2.45) is 0 Å². The fourth-order valence-electron chi connectivity index (χ4n) is 3.66. The van der Waals surface area contributed by atoms with Gasteiger partial charge in [-0.05, 0) is 51.3 Å². The van der Waals surface area contributed by atoms with Crippen LogP contribution >= 0.6 is 0 Å². The molecular weight excluding hydrogens is 406 g/mol. The first kappa shape index (κ1) is 22.4. The van der Waals surface area contributed by atoms with E-state index in [1.165, 1.54) is 42.3 Å². The molecule has 2 aromatic carbocycles. The summed E-state index contributed by atoms with van der Waals surface area (Å²) in [5.41, 5.74) is -0.197. The Morgan fingerprint density at radius 1 is 1.13 bits per heavy atom. The number of aliphatic hydroxyl groups is 1. The third-order valence-electron chi connectivity index (χ3n) is 5.17. The van der Waals surface area contributed by atoms with Crippen LogP contribution in [0.1, 0.15) is 23.6 Å². The van der Waals surface area contributed by atoms with E-state index < -0.39 is 35.1 Å². The molecule has 1 atom stereocenters. The normalized spacial score (nSPS) is 18.1. The fourth-order valence-corrected chi connectivity index (χ4v) is 3.66. The third-order valence-corrected chi connectivity index (χ3v) is 5.17. The van der Waals surface area contributed by atoms with Crippen molar-refractivity contribution in [3.8, 4) is 5.75 Å². The minimum Gasteiger partial charge on any atom is -0.507 e. The van der Waals surface area contributed by atoms with Crippen LogP contribution in [0.2, 0.25) is 0 Å². The minimum absolute atomic E-state index is 0.00840. The van der Waals surface area contributed by atoms with Gasteiger partial charge in [0.15, 0.2) is 11.6 Å². The summed E-state index contributed by atoms with van der Waals surface area (Å²) in [6, 6.07) is 8.33. The van der Waals surface area contributed by atoms with Gasteiger partial charge in [-0.25, -0.2) is 8.78 Å². The molecule has 2 aromatic rings. The number of nitrogens with zero attached hydrogens (tertiary/aromatic N) is 2. The zero-order chi connectivity index (χ0) is 22.7. The molecule has 3 rings (SSSR count). The van der Waals surface area contributed by atoms with Crippen molar-refractivity contribution < 1.29 is 28.2 Å². The third kappa shape index (κ3) is 4.44. The smallest absolute Gasteiger partial charge is 0.295 e. The van der Waals surface area contributed by atoms with Gasteiger partial charge in [-0.15, -0.1) is 0 Å². The number of hydrogen-bond donors (Lipinski definition) is 1. The van der Waals surface area contributed by atoms with Gasteiger partial charge in [0.05, 0.1) is 18.7 Å². The monoisotopic (exact) mass is 430 g/mol. The van der Waals surface area contributed by atoms with Gasteiger partial charge in [-0.3, -0.25) is 9.59 Å². The second-order valence-corrected chi connectivity index (χ2v) is 7.52. The SMILES string of the molecule is COc1ccc(/C(O)=C2/C(=O)C(=O)N(CCCN(C)C)C2c2ccccc2F)cc1F. The van der Waals surface area contributed by atoms with E-state index in [0.717, 1.165) is 6.07 Å². The van der Waals surface area contributed by atoms with E-state index in [1.807, 2.05) is 19.0 Å². The van der Waals surface area contributed by atoms with E-state index in [-0.39, 0.29) is 29.0 Å². The van der Waals surface area contributed by atoms with Crippen LogP contribution in [0.5, 0.6) is 5.75 Å². The number of carbonyl (C=O) groups is 2. The number of Topliss-reactive ketones (excluding diaryl/α,β-unsaturated/α-hetero) is 1. The Hall–Kier alpha value is -3.26. The van der Waals surface area contributed by atoms with Gasteiger partial charge < -0.3 is 19.6 Å². The molecule has 31 heavy (non-hydrogen) atoms. The Morgan fingerprint density at radius 2 is 1.84 bits per heavy atom. The highest BCUT2D eigenvalue weighted by Crippen LogP contribution is 2.40. The quantitative estimate of drug-likeness (QED) is 0.415. The van der Waals surface area contributed by atoms with Crippen molar-refractivity contribution in [1.82, 2.24) is 9.80 Å². The number of amides is 1. The average molecular weight is 430 g/mol. The maximum atomic E-state index is 14.7. The van der Waals surface area contributed by atoms with Gasteiger partial charge in [0.25, 0.3) is 11.7 Å². The fraction of sp³-hybridized carbons (Fsp3) is 0.304. The molecule has 0 spiro atoms. The zero-order valence-corrected chi connectivity index (χ0v) is 17.6. The maximum Gasteiger partial charge on any atom is 0.295 e. The molecule has 1 heterocycles. The number of carbonyl (C=O) groups excluding carboxylic acids is 2. The molecule has 1 fully saturated rings. The molecule has 1 N–H and O–H groups in total. The van der Waals surface area contributed by atoms with E-state index in [2.05, 4.69) is 0 Å². The summed E-state index contributed by atoms with van der Waals surface area (Å²) in [4.78, 5) is 28.8. The number of likely N-dealkylation sites (tertiary alicyclic amines) is 1. The topological polar surface area (TPSA) is 70.1 Å². The lowest BCUT2D eigenvalue weighted by Gasteiger charge is -2.26. The van der Waals surface area contributed by atoms with Crippen LogP contribution < -0.4 is 4.74 Å². The Balaban J connectivity index is 2.13. The largest absolute Gasteiger partial charge is 0.507 e. The molecule has 0 radical (unpaired) electrons. The predicted molar refractivity (Wildman–Crippen MR) is 112 cm³/mol.